The Kier molecular flexibility index (Phi) is 3.13. The van der Waals surface area contributed by atoms with E-state index < -0.39 is 5.97 Å². The van der Waals surface area contributed by atoms with E-state index in [1.54, 1.807) is 30.5 Å². The molecule has 0 fully saturated rings. The fourth-order valence-electron chi connectivity index (χ4n) is 2.98. The Morgan fingerprint density at radius 3 is 2.89 bits per heavy atom. The largest absolute Gasteiger partial charge is 0.465 e. The summed E-state index contributed by atoms with van der Waals surface area (Å²) in [6.07, 6.45) is 2.93. The maximum absolute atomic E-state index is 12.9. The van der Waals surface area contributed by atoms with Crippen LogP contribution in [-0.4, -0.2) is 44.3 Å². The number of hydrogen-bond donors (Lipinski definition) is 0. The van der Waals surface area contributed by atoms with Gasteiger partial charge in [-0.1, -0.05) is 0 Å². The van der Waals surface area contributed by atoms with Crippen molar-refractivity contribution in [3.63, 3.8) is 0 Å². The summed E-state index contributed by atoms with van der Waals surface area (Å²) in [5.74, 6) is 0.615. The van der Waals surface area contributed by atoms with Gasteiger partial charge in [0.05, 0.1) is 19.0 Å². The van der Waals surface area contributed by atoms with Crippen LogP contribution in [0.2, 0.25) is 0 Å². The molecule has 1 aliphatic heterocycles. The molecule has 0 amide bonds. The number of esters is 1. The number of hydrogen-bond acceptors (Lipinski definition) is 8. The molecule has 0 N–H and O–H groups in total. The zero-order valence-corrected chi connectivity index (χ0v) is 13.9. The molecule has 0 saturated carbocycles. The monoisotopic (exact) mass is 365 g/mol. The number of rotatable bonds is 2. The van der Waals surface area contributed by atoms with Gasteiger partial charge >= 0.3 is 5.97 Å². The van der Waals surface area contributed by atoms with Gasteiger partial charge in [0, 0.05) is 12.3 Å². The first kappa shape index (κ1) is 15.3. The summed E-state index contributed by atoms with van der Waals surface area (Å²) in [5, 5.41) is 12.1. The van der Waals surface area contributed by atoms with E-state index >= 15 is 0 Å². The highest BCUT2D eigenvalue weighted by Crippen LogP contribution is 2.33. The molecule has 0 atom stereocenters. The lowest BCUT2D eigenvalue weighted by Crippen LogP contribution is -2.20. The van der Waals surface area contributed by atoms with Crippen molar-refractivity contribution in [1.29, 1.82) is 0 Å². The number of aromatic nitrogens is 5. The van der Waals surface area contributed by atoms with Gasteiger partial charge in [0.15, 0.2) is 22.7 Å². The van der Waals surface area contributed by atoms with Crippen LogP contribution < -0.4 is 15.0 Å². The van der Waals surface area contributed by atoms with E-state index in [2.05, 4.69) is 15.3 Å². The molecule has 134 valence electrons. The van der Waals surface area contributed by atoms with E-state index in [1.165, 1.54) is 22.4 Å². The van der Waals surface area contributed by atoms with E-state index in [1.807, 2.05) is 0 Å². The topological polar surface area (TPSA) is 110 Å². The molecule has 10 nitrogen and oxygen atoms in total. The Labute approximate surface area is 150 Å². The van der Waals surface area contributed by atoms with E-state index in [0.717, 1.165) is 0 Å². The number of carbonyl (C=O) groups is 1. The Hall–Kier alpha value is -3.95. The lowest BCUT2D eigenvalue weighted by atomic mass is 10.2. The maximum atomic E-state index is 12.9. The summed E-state index contributed by atoms with van der Waals surface area (Å²) in [4.78, 5) is 24.7. The molecule has 0 radical (unpaired) electrons. The SMILES string of the molecule is COC(=O)c1cnn2c1nnc1c(=O)n(-c3ccc4c(c3)OCO4)ccc12. The van der Waals surface area contributed by atoms with Crippen molar-refractivity contribution in [3.8, 4) is 17.2 Å². The zero-order valence-electron chi connectivity index (χ0n) is 13.9. The smallest absolute Gasteiger partial charge is 0.343 e. The molecule has 1 aliphatic rings. The van der Waals surface area contributed by atoms with Gasteiger partial charge in [-0.3, -0.25) is 9.36 Å². The summed E-state index contributed by atoms with van der Waals surface area (Å²) in [6.45, 7) is 0.149. The van der Waals surface area contributed by atoms with Crippen LogP contribution in [0.1, 0.15) is 10.4 Å². The molecule has 1 aromatic carbocycles. The molecule has 0 spiro atoms. The van der Waals surface area contributed by atoms with Crippen molar-refractivity contribution < 1.29 is 19.0 Å². The minimum Gasteiger partial charge on any atom is -0.465 e. The van der Waals surface area contributed by atoms with Crippen LogP contribution in [0.5, 0.6) is 11.5 Å². The van der Waals surface area contributed by atoms with Gasteiger partial charge in [-0.15, -0.1) is 10.2 Å². The predicted molar refractivity (Wildman–Crippen MR) is 91.3 cm³/mol. The molecule has 0 saturated heterocycles. The van der Waals surface area contributed by atoms with Crippen molar-refractivity contribution in [2.24, 2.45) is 0 Å². The number of pyridine rings is 1. The molecular formula is C17H11N5O5. The van der Waals surface area contributed by atoms with Crippen LogP contribution >= 0.6 is 0 Å². The van der Waals surface area contributed by atoms with Crippen molar-refractivity contribution in [3.05, 3.63) is 52.6 Å². The van der Waals surface area contributed by atoms with E-state index in [0.29, 0.717) is 22.7 Å². The Morgan fingerprint density at radius 1 is 1.19 bits per heavy atom. The van der Waals surface area contributed by atoms with Crippen LogP contribution in [-0.2, 0) is 4.74 Å². The molecule has 3 aromatic heterocycles. The van der Waals surface area contributed by atoms with Gasteiger partial charge in [0.1, 0.15) is 11.1 Å². The highest BCUT2D eigenvalue weighted by Gasteiger charge is 2.19. The van der Waals surface area contributed by atoms with Gasteiger partial charge in [0.25, 0.3) is 5.56 Å². The number of nitrogens with zero attached hydrogens (tertiary/aromatic N) is 5. The number of methoxy groups -OCH3 is 1. The lowest BCUT2D eigenvalue weighted by Gasteiger charge is -2.08. The second-order valence-electron chi connectivity index (χ2n) is 5.75. The molecule has 0 bridgehead atoms. The van der Waals surface area contributed by atoms with E-state index in [4.69, 9.17) is 14.2 Å². The Morgan fingerprint density at radius 2 is 2.04 bits per heavy atom. The first-order chi connectivity index (χ1) is 13.2. The molecule has 5 rings (SSSR count). The number of benzene rings is 1. The summed E-state index contributed by atoms with van der Waals surface area (Å²) in [5.41, 5.74) is 1.15. The first-order valence-corrected chi connectivity index (χ1v) is 7.91. The minimum atomic E-state index is -0.577. The van der Waals surface area contributed by atoms with Crippen LogP contribution in [0.4, 0.5) is 0 Å². The van der Waals surface area contributed by atoms with Crippen LogP contribution in [0.15, 0.2) is 41.5 Å². The van der Waals surface area contributed by atoms with E-state index in [9.17, 15) is 9.59 Å². The third-order valence-corrected chi connectivity index (χ3v) is 4.30. The quantitative estimate of drug-likeness (QED) is 0.483. The molecule has 4 aromatic rings. The second-order valence-corrected chi connectivity index (χ2v) is 5.75. The van der Waals surface area contributed by atoms with Crippen LogP contribution in [0.3, 0.4) is 0 Å². The van der Waals surface area contributed by atoms with Gasteiger partial charge in [0.2, 0.25) is 6.79 Å². The van der Waals surface area contributed by atoms with Crippen molar-refractivity contribution in [2.45, 2.75) is 0 Å². The zero-order chi connectivity index (χ0) is 18.5. The van der Waals surface area contributed by atoms with Crippen molar-refractivity contribution >= 4 is 22.6 Å². The third kappa shape index (κ3) is 2.16. The Bertz CT molecular complexity index is 1290. The second kappa shape index (κ2) is 5.53. The molecule has 0 unspecified atom stereocenters. The summed E-state index contributed by atoms with van der Waals surface area (Å²) in [6, 6.07) is 6.87. The number of carbonyl (C=O) groups excluding carboxylic acids is 1. The molecule has 27 heavy (non-hydrogen) atoms. The number of ether oxygens (including phenoxy) is 3. The normalized spacial score (nSPS) is 12.6. The third-order valence-electron chi connectivity index (χ3n) is 4.30. The predicted octanol–water partition coefficient (Wildman–Crippen LogP) is 0.944. The van der Waals surface area contributed by atoms with Crippen molar-refractivity contribution in [1.82, 2.24) is 24.4 Å². The molecule has 0 aliphatic carbocycles. The van der Waals surface area contributed by atoms with E-state index in [-0.39, 0.29) is 29.1 Å². The molecular weight excluding hydrogens is 354 g/mol. The van der Waals surface area contributed by atoms with Crippen LogP contribution in [0.25, 0.3) is 22.4 Å². The van der Waals surface area contributed by atoms with Gasteiger partial charge in [-0.25, -0.2) is 9.31 Å². The summed E-state index contributed by atoms with van der Waals surface area (Å²) in [7, 11) is 1.27. The fourth-order valence-corrected chi connectivity index (χ4v) is 2.98. The Balaban J connectivity index is 1.71. The minimum absolute atomic E-state index is 0.113. The highest BCUT2D eigenvalue weighted by molar-refractivity contribution is 5.96. The van der Waals surface area contributed by atoms with Gasteiger partial charge in [-0.2, -0.15) is 5.10 Å². The van der Waals surface area contributed by atoms with Crippen molar-refractivity contribution in [2.75, 3.05) is 13.9 Å². The highest BCUT2D eigenvalue weighted by atomic mass is 16.7. The van der Waals surface area contributed by atoms with Gasteiger partial charge in [-0.05, 0) is 18.2 Å². The fraction of sp³-hybridized carbons (Fsp3) is 0.118. The summed E-state index contributed by atoms with van der Waals surface area (Å²) >= 11 is 0. The molecule has 10 heteroatoms. The average molecular weight is 365 g/mol. The summed E-state index contributed by atoms with van der Waals surface area (Å²) < 4.78 is 18.2. The van der Waals surface area contributed by atoms with Gasteiger partial charge < -0.3 is 14.2 Å². The lowest BCUT2D eigenvalue weighted by molar-refractivity contribution is 0.0602. The molecule has 4 heterocycles. The average Bonchev–Trinajstić information content (AvgIpc) is 3.33. The van der Waals surface area contributed by atoms with Crippen LogP contribution in [0, 0.1) is 0 Å². The standard InChI is InChI=1S/C17H11N5O5/c1-25-17(24)10-7-18-22-11-4-5-21(16(23)14(11)19-20-15(10)22)9-2-3-12-13(6-9)27-8-26-12/h2-7H,8H2,1H3. The first-order valence-electron chi connectivity index (χ1n) is 7.91. The maximum Gasteiger partial charge on any atom is 0.343 e. The number of fused-ring (bicyclic) bond motifs is 4.